The summed E-state index contributed by atoms with van der Waals surface area (Å²) < 4.78 is 6.02. The number of nitrogens with two attached hydrogens (primary N) is 2. The standard InChI is InChI=1S/C9H25N2OSi2/c1-13(12-14(2,3)4)8-6-5-7-9(10)11/h9H,5-8,10-11H2,1-4H3. The van der Waals surface area contributed by atoms with E-state index in [9.17, 15) is 0 Å². The number of unbranched alkanes of at least 4 members (excludes halogenated alkanes) is 1. The summed E-state index contributed by atoms with van der Waals surface area (Å²) in [5, 5.41) is 0. The summed E-state index contributed by atoms with van der Waals surface area (Å²) in [7, 11) is -1.87. The zero-order valence-corrected chi connectivity index (χ0v) is 12.0. The van der Waals surface area contributed by atoms with Gasteiger partial charge in [-0.25, -0.2) is 0 Å². The Kier molecular flexibility index (Phi) is 6.89. The molecule has 4 N–H and O–H groups in total. The number of rotatable bonds is 7. The molecule has 0 aromatic heterocycles. The normalized spacial score (nSPS) is 12.9. The maximum Gasteiger partial charge on any atom is 0.194 e. The van der Waals surface area contributed by atoms with Crippen LogP contribution in [0.2, 0.25) is 32.2 Å². The molecule has 0 aliphatic heterocycles. The van der Waals surface area contributed by atoms with Gasteiger partial charge >= 0.3 is 0 Å². The van der Waals surface area contributed by atoms with Crippen molar-refractivity contribution in [3.8, 4) is 0 Å². The first-order chi connectivity index (χ1) is 6.31. The van der Waals surface area contributed by atoms with Crippen LogP contribution in [0, 0.1) is 0 Å². The Morgan fingerprint density at radius 3 is 2.21 bits per heavy atom. The first-order valence-corrected chi connectivity index (χ1v) is 10.9. The van der Waals surface area contributed by atoms with E-state index in [1.807, 2.05) is 0 Å². The van der Waals surface area contributed by atoms with Gasteiger partial charge < -0.3 is 15.6 Å². The van der Waals surface area contributed by atoms with Gasteiger partial charge in [0.25, 0.3) is 0 Å². The largest absolute Gasteiger partial charge is 0.456 e. The smallest absolute Gasteiger partial charge is 0.194 e. The minimum Gasteiger partial charge on any atom is -0.456 e. The lowest BCUT2D eigenvalue weighted by Gasteiger charge is -2.22. The molecule has 0 aliphatic rings. The van der Waals surface area contributed by atoms with Crippen molar-refractivity contribution < 1.29 is 4.12 Å². The lowest BCUT2D eigenvalue weighted by molar-refractivity contribution is 0.553. The Morgan fingerprint density at radius 2 is 1.79 bits per heavy atom. The molecule has 3 nitrogen and oxygen atoms in total. The second kappa shape index (κ2) is 6.73. The van der Waals surface area contributed by atoms with Crippen molar-refractivity contribution in [2.75, 3.05) is 0 Å². The van der Waals surface area contributed by atoms with Gasteiger partial charge in [0.2, 0.25) is 0 Å². The number of hydrogen-bond donors (Lipinski definition) is 2. The van der Waals surface area contributed by atoms with E-state index < -0.39 is 17.4 Å². The molecule has 0 spiro atoms. The summed E-state index contributed by atoms with van der Waals surface area (Å²) in [6.45, 7) is 9.00. The van der Waals surface area contributed by atoms with Crippen LogP contribution >= 0.6 is 0 Å². The highest BCUT2D eigenvalue weighted by Gasteiger charge is 2.18. The summed E-state index contributed by atoms with van der Waals surface area (Å²) in [5.41, 5.74) is 10.9. The highest BCUT2D eigenvalue weighted by molar-refractivity contribution is 6.77. The Labute approximate surface area is 91.1 Å². The maximum absolute atomic E-state index is 6.02. The quantitative estimate of drug-likeness (QED) is 0.401. The Balaban J connectivity index is 3.40. The molecule has 0 aliphatic carbocycles. The van der Waals surface area contributed by atoms with Gasteiger partial charge in [-0.05, 0) is 38.7 Å². The number of hydrogen-bond acceptors (Lipinski definition) is 3. The van der Waals surface area contributed by atoms with Crippen LogP contribution < -0.4 is 11.5 Å². The fourth-order valence-electron chi connectivity index (χ4n) is 1.33. The zero-order valence-electron chi connectivity index (χ0n) is 9.97. The molecule has 0 atom stereocenters. The van der Waals surface area contributed by atoms with Crippen LogP contribution in [0.3, 0.4) is 0 Å². The molecule has 0 heterocycles. The average Bonchev–Trinajstić information content (AvgIpc) is 1.94. The molecule has 0 aromatic carbocycles. The summed E-state index contributed by atoms with van der Waals surface area (Å²) in [6, 6.07) is 1.22. The predicted molar refractivity (Wildman–Crippen MR) is 66.9 cm³/mol. The van der Waals surface area contributed by atoms with Crippen molar-refractivity contribution in [2.24, 2.45) is 11.5 Å². The van der Waals surface area contributed by atoms with Crippen LogP contribution in [0.1, 0.15) is 19.3 Å². The van der Waals surface area contributed by atoms with Crippen molar-refractivity contribution in [1.29, 1.82) is 0 Å². The van der Waals surface area contributed by atoms with Crippen LogP contribution in [0.25, 0.3) is 0 Å². The zero-order chi connectivity index (χ0) is 11.2. The van der Waals surface area contributed by atoms with Crippen LogP contribution in [-0.2, 0) is 4.12 Å². The van der Waals surface area contributed by atoms with E-state index in [0.717, 1.165) is 12.8 Å². The van der Waals surface area contributed by atoms with Gasteiger partial charge in [0.1, 0.15) is 0 Å². The molecule has 0 aromatic rings. The SMILES string of the molecule is C[Si](CCCCC(N)N)O[Si](C)(C)C. The Morgan fingerprint density at radius 1 is 1.21 bits per heavy atom. The fourth-order valence-corrected chi connectivity index (χ4v) is 6.67. The van der Waals surface area contributed by atoms with Crippen LogP contribution in [0.5, 0.6) is 0 Å². The maximum atomic E-state index is 6.02. The highest BCUT2D eigenvalue weighted by atomic mass is 28.4. The molecular formula is C9H25N2OSi2. The van der Waals surface area contributed by atoms with Crippen molar-refractivity contribution >= 4 is 17.4 Å². The molecule has 5 heteroatoms. The molecule has 0 unspecified atom stereocenters. The molecule has 0 rings (SSSR count). The van der Waals surface area contributed by atoms with E-state index >= 15 is 0 Å². The van der Waals surface area contributed by atoms with Crippen LogP contribution in [-0.4, -0.2) is 23.5 Å². The molecular weight excluding hydrogens is 208 g/mol. The third-order valence-corrected chi connectivity index (χ3v) is 6.70. The summed E-state index contributed by atoms with van der Waals surface area (Å²) in [6.07, 6.45) is 3.14. The van der Waals surface area contributed by atoms with Crippen molar-refractivity contribution in [1.82, 2.24) is 0 Å². The molecule has 1 radical (unpaired) electrons. The summed E-state index contributed by atoms with van der Waals surface area (Å²) in [5.74, 6) is 0. The van der Waals surface area contributed by atoms with Gasteiger partial charge in [-0.2, -0.15) is 0 Å². The van der Waals surface area contributed by atoms with E-state index in [1.54, 1.807) is 0 Å². The molecule has 0 fully saturated rings. The first-order valence-electron chi connectivity index (χ1n) is 5.34. The average molecular weight is 233 g/mol. The second-order valence-electron chi connectivity index (χ2n) is 4.83. The van der Waals surface area contributed by atoms with Crippen molar-refractivity contribution in [3.63, 3.8) is 0 Å². The van der Waals surface area contributed by atoms with Gasteiger partial charge in [-0.3, -0.25) is 0 Å². The topological polar surface area (TPSA) is 61.3 Å². The van der Waals surface area contributed by atoms with Gasteiger partial charge in [0, 0.05) is 0 Å². The Bertz CT molecular complexity index is 148. The van der Waals surface area contributed by atoms with Gasteiger partial charge in [0.05, 0.1) is 6.17 Å². The third kappa shape index (κ3) is 10.4. The van der Waals surface area contributed by atoms with E-state index in [1.165, 1.54) is 12.5 Å². The van der Waals surface area contributed by atoms with E-state index in [0.29, 0.717) is 0 Å². The van der Waals surface area contributed by atoms with E-state index in [-0.39, 0.29) is 6.17 Å². The lowest BCUT2D eigenvalue weighted by Crippen LogP contribution is -2.33. The van der Waals surface area contributed by atoms with Gasteiger partial charge in [-0.15, -0.1) is 0 Å². The van der Waals surface area contributed by atoms with E-state index in [4.69, 9.17) is 15.6 Å². The molecule has 14 heavy (non-hydrogen) atoms. The lowest BCUT2D eigenvalue weighted by atomic mass is 10.2. The van der Waals surface area contributed by atoms with Crippen LogP contribution in [0.15, 0.2) is 0 Å². The molecule has 0 saturated carbocycles. The van der Waals surface area contributed by atoms with Crippen molar-refractivity contribution in [3.05, 3.63) is 0 Å². The molecule has 0 amide bonds. The summed E-state index contributed by atoms with van der Waals surface area (Å²) in [4.78, 5) is 0. The molecule has 0 bridgehead atoms. The third-order valence-electron chi connectivity index (χ3n) is 1.80. The fraction of sp³-hybridized carbons (Fsp3) is 1.00. The highest BCUT2D eigenvalue weighted by Crippen LogP contribution is 2.11. The van der Waals surface area contributed by atoms with Crippen molar-refractivity contribution in [2.45, 2.75) is 57.7 Å². The minimum atomic E-state index is -1.31. The minimum absolute atomic E-state index is 0.138. The van der Waals surface area contributed by atoms with E-state index in [2.05, 4.69) is 26.2 Å². The van der Waals surface area contributed by atoms with Gasteiger partial charge in [-0.1, -0.05) is 12.8 Å². The predicted octanol–water partition coefficient (Wildman–Crippen LogP) is 1.87. The second-order valence-corrected chi connectivity index (χ2v) is 11.8. The summed E-state index contributed by atoms with van der Waals surface area (Å²) >= 11 is 0. The monoisotopic (exact) mass is 233 g/mol. The van der Waals surface area contributed by atoms with Gasteiger partial charge in [0.15, 0.2) is 17.4 Å². The molecule has 0 saturated heterocycles. The first kappa shape index (κ1) is 14.3. The van der Waals surface area contributed by atoms with Crippen LogP contribution in [0.4, 0.5) is 0 Å². The molecule has 85 valence electrons. The Hall–Kier alpha value is 0.314.